The summed E-state index contributed by atoms with van der Waals surface area (Å²) in [5, 5.41) is 0. The van der Waals surface area contributed by atoms with E-state index in [0.717, 1.165) is 17.7 Å². The number of hydrogen-bond donors (Lipinski definition) is 0. The molecule has 2 aliphatic heterocycles. The average molecular weight is 433 g/mol. The summed E-state index contributed by atoms with van der Waals surface area (Å²) >= 11 is 0. The minimum Gasteiger partial charge on any atom is -0.489 e. The van der Waals surface area contributed by atoms with Crippen LogP contribution in [0.1, 0.15) is 42.1 Å². The molecular formula is C22H25FN2O4S. The molecule has 0 aliphatic carbocycles. The molecule has 6 nitrogen and oxygen atoms in total. The van der Waals surface area contributed by atoms with Crippen molar-refractivity contribution in [3.8, 4) is 5.75 Å². The van der Waals surface area contributed by atoms with Gasteiger partial charge in [-0.15, -0.1) is 0 Å². The van der Waals surface area contributed by atoms with Gasteiger partial charge in [-0.05, 0) is 43.7 Å². The Hall–Kier alpha value is -2.45. The highest BCUT2D eigenvalue weighted by Crippen LogP contribution is 2.40. The van der Waals surface area contributed by atoms with Gasteiger partial charge < -0.3 is 9.64 Å². The third-order valence-electron chi connectivity index (χ3n) is 5.97. The zero-order chi connectivity index (χ0) is 21.5. The standard InChI is InChI=1S/C22H25FN2O4S/c1-15-16(2)29-21-19(15)5-3-6-20(21)22(26)24-11-4-12-25(14-13-24)30(27,28)18-9-7-17(23)8-10-18/h3,5-10,15-16H,4,11-14H2,1-2H3/t15-,16-/m1/s1. The molecule has 2 aromatic rings. The number of hydrogen-bond acceptors (Lipinski definition) is 4. The summed E-state index contributed by atoms with van der Waals surface area (Å²) in [6, 6.07) is 10.4. The molecule has 1 saturated heterocycles. The molecule has 2 atom stereocenters. The maximum Gasteiger partial charge on any atom is 0.257 e. The number of sulfonamides is 1. The molecule has 0 radical (unpaired) electrons. The zero-order valence-corrected chi connectivity index (χ0v) is 17.9. The lowest BCUT2D eigenvalue weighted by molar-refractivity contribution is 0.0759. The van der Waals surface area contributed by atoms with Gasteiger partial charge in [-0.2, -0.15) is 4.31 Å². The van der Waals surface area contributed by atoms with Crippen molar-refractivity contribution < 1.29 is 22.3 Å². The molecule has 0 saturated carbocycles. The van der Waals surface area contributed by atoms with Gasteiger partial charge in [-0.25, -0.2) is 12.8 Å². The molecule has 0 aromatic heterocycles. The van der Waals surface area contributed by atoms with E-state index in [4.69, 9.17) is 4.74 Å². The second-order valence-corrected chi connectivity index (χ2v) is 9.78. The van der Waals surface area contributed by atoms with Crippen LogP contribution in [0.2, 0.25) is 0 Å². The highest BCUT2D eigenvalue weighted by Gasteiger charge is 2.34. The molecule has 8 heteroatoms. The summed E-state index contributed by atoms with van der Waals surface area (Å²) < 4.78 is 46.3. The molecule has 1 fully saturated rings. The Morgan fingerprint density at radius 2 is 1.77 bits per heavy atom. The van der Waals surface area contributed by atoms with Crippen molar-refractivity contribution in [2.45, 2.75) is 37.2 Å². The van der Waals surface area contributed by atoms with Crippen LogP contribution in [0, 0.1) is 5.82 Å². The minimum atomic E-state index is -3.74. The average Bonchev–Trinajstić information content (AvgIpc) is 2.90. The first-order valence-corrected chi connectivity index (χ1v) is 11.6. The van der Waals surface area contributed by atoms with Gasteiger partial charge >= 0.3 is 0 Å². The van der Waals surface area contributed by atoms with Crippen LogP contribution in [0.4, 0.5) is 4.39 Å². The third-order valence-corrected chi connectivity index (χ3v) is 7.88. The number of halogens is 1. The van der Waals surface area contributed by atoms with Crippen molar-refractivity contribution in [1.82, 2.24) is 9.21 Å². The van der Waals surface area contributed by atoms with Crippen molar-refractivity contribution in [2.75, 3.05) is 26.2 Å². The van der Waals surface area contributed by atoms with Gasteiger partial charge in [-0.3, -0.25) is 4.79 Å². The van der Waals surface area contributed by atoms with Crippen LogP contribution in [-0.2, 0) is 10.0 Å². The fourth-order valence-electron chi connectivity index (χ4n) is 4.02. The Balaban J connectivity index is 1.52. The van der Waals surface area contributed by atoms with Crippen LogP contribution in [0.15, 0.2) is 47.4 Å². The van der Waals surface area contributed by atoms with Gasteiger partial charge in [0, 0.05) is 37.7 Å². The monoisotopic (exact) mass is 432 g/mol. The topological polar surface area (TPSA) is 66.9 Å². The van der Waals surface area contributed by atoms with Gasteiger partial charge in [0.05, 0.1) is 10.5 Å². The maximum absolute atomic E-state index is 13.2. The maximum atomic E-state index is 13.2. The molecule has 2 aromatic carbocycles. The van der Waals surface area contributed by atoms with Crippen LogP contribution in [0.3, 0.4) is 0 Å². The highest BCUT2D eigenvalue weighted by molar-refractivity contribution is 7.89. The van der Waals surface area contributed by atoms with E-state index in [0.29, 0.717) is 30.8 Å². The largest absolute Gasteiger partial charge is 0.489 e. The van der Waals surface area contributed by atoms with E-state index in [9.17, 15) is 17.6 Å². The van der Waals surface area contributed by atoms with Crippen LogP contribution in [0.5, 0.6) is 5.75 Å². The van der Waals surface area contributed by atoms with E-state index in [-0.39, 0.29) is 35.9 Å². The van der Waals surface area contributed by atoms with Gasteiger partial charge in [0.15, 0.2) is 0 Å². The van der Waals surface area contributed by atoms with Crippen molar-refractivity contribution >= 4 is 15.9 Å². The summed E-state index contributed by atoms with van der Waals surface area (Å²) in [5.41, 5.74) is 1.56. The molecule has 0 bridgehead atoms. The van der Waals surface area contributed by atoms with E-state index >= 15 is 0 Å². The predicted octanol–water partition coefficient (Wildman–Crippen LogP) is 3.25. The zero-order valence-electron chi connectivity index (χ0n) is 17.0. The predicted molar refractivity (Wildman–Crippen MR) is 111 cm³/mol. The molecule has 0 spiro atoms. The normalized spacial score (nSPS) is 22.3. The number of benzene rings is 2. The number of rotatable bonds is 3. The number of carbonyl (C=O) groups is 1. The molecule has 2 heterocycles. The molecule has 0 N–H and O–H groups in total. The summed E-state index contributed by atoms with van der Waals surface area (Å²) in [4.78, 5) is 15.0. The van der Waals surface area contributed by atoms with Gasteiger partial charge in [0.1, 0.15) is 17.7 Å². The van der Waals surface area contributed by atoms with E-state index in [1.54, 1.807) is 11.0 Å². The Morgan fingerprint density at radius 1 is 1.03 bits per heavy atom. The van der Waals surface area contributed by atoms with E-state index in [1.165, 1.54) is 16.4 Å². The number of nitrogens with zero attached hydrogens (tertiary/aromatic N) is 2. The number of amides is 1. The Labute approximate surface area is 176 Å². The second-order valence-electron chi connectivity index (χ2n) is 7.84. The summed E-state index contributed by atoms with van der Waals surface area (Å²) in [5.74, 6) is 0.229. The molecule has 160 valence electrons. The van der Waals surface area contributed by atoms with E-state index in [2.05, 4.69) is 6.92 Å². The molecular weight excluding hydrogens is 407 g/mol. The van der Waals surface area contributed by atoms with Crippen LogP contribution >= 0.6 is 0 Å². The summed E-state index contributed by atoms with van der Waals surface area (Å²) in [7, 11) is -3.74. The fraction of sp³-hybridized carbons (Fsp3) is 0.409. The quantitative estimate of drug-likeness (QED) is 0.747. The SMILES string of the molecule is C[C@H]1Oc2c(C(=O)N3CCCN(S(=O)(=O)c4ccc(F)cc4)CC3)cccc2[C@@H]1C. The van der Waals surface area contributed by atoms with E-state index in [1.807, 2.05) is 19.1 Å². The lowest BCUT2D eigenvalue weighted by atomic mass is 9.96. The molecule has 30 heavy (non-hydrogen) atoms. The number of fused-ring (bicyclic) bond motifs is 1. The van der Waals surface area contributed by atoms with Crippen LogP contribution in [-0.4, -0.2) is 55.8 Å². The minimum absolute atomic E-state index is 0.00873. The highest BCUT2D eigenvalue weighted by atomic mass is 32.2. The van der Waals surface area contributed by atoms with Crippen LogP contribution in [0.25, 0.3) is 0 Å². The second kappa shape index (κ2) is 8.00. The number of ether oxygens (including phenoxy) is 1. The molecule has 0 unspecified atom stereocenters. The first-order chi connectivity index (χ1) is 14.3. The van der Waals surface area contributed by atoms with Gasteiger partial charge in [-0.1, -0.05) is 19.1 Å². The lowest BCUT2D eigenvalue weighted by Gasteiger charge is -2.23. The molecule has 4 rings (SSSR count). The van der Waals surface area contributed by atoms with Crippen molar-refractivity contribution in [3.63, 3.8) is 0 Å². The first kappa shape index (κ1) is 20.8. The van der Waals surface area contributed by atoms with Crippen molar-refractivity contribution in [3.05, 3.63) is 59.4 Å². The van der Waals surface area contributed by atoms with E-state index < -0.39 is 15.8 Å². The summed E-state index contributed by atoms with van der Waals surface area (Å²) in [6.07, 6.45) is 0.531. The van der Waals surface area contributed by atoms with Crippen molar-refractivity contribution in [2.24, 2.45) is 0 Å². The Morgan fingerprint density at radius 3 is 2.50 bits per heavy atom. The van der Waals surface area contributed by atoms with Crippen molar-refractivity contribution in [1.29, 1.82) is 0 Å². The van der Waals surface area contributed by atoms with Gasteiger partial charge in [0.25, 0.3) is 5.91 Å². The number of carbonyl (C=O) groups excluding carboxylic acids is 1. The van der Waals surface area contributed by atoms with Crippen LogP contribution < -0.4 is 4.74 Å². The third kappa shape index (κ3) is 3.70. The Bertz CT molecular complexity index is 1060. The smallest absolute Gasteiger partial charge is 0.257 e. The number of para-hydroxylation sites is 1. The Kier molecular flexibility index (Phi) is 5.55. The first-order valence-electron chi connectivity index (χ1n) is 10.1. The van der Waals surface area contributed by atoms with Gasteiger partial charge in [0.2, 0.25) is 10.0 Å². The lowest BCUT2D eigenvalue weighted by Crippen LogP contribution is -2.37. The summed E-state index contributed by atoms with van der Waals surface area (Å²) in [6.45, 7) is 5.31. The molecule has 2 aliphatic rings. The molecule has 1 amide bonds. The fourth-order valence-corrected chi connectivity index (χ4v) is 5.49.